The summed E-state index contributed by atoms with van der Waals surface area (Å²) in [5, 5.41) is 15.3. The molecule has 2 aromatic heterocycles. The molecule has 28 heavy (non-hydrogen) atoms. The molecule has 0 aliphatic heterocycles. The Morgan fingerprint density at radius 1 is 1.32 bits per heavy atom. The standard InChI is InChI=1S/C19H25N7O2/c1-14-16(18-23-20-13-24(18)2)6-5-7-17(14)22-19(27)26(8-9-28-4)12-15-10-21-25(3)11-15/h5-7,10-11,13H,8-9,12H2,1-4H3,(H,22,27). The van der Waals surface area contributed by atoms with Gasteiger partial charge in [-0.3, -0.25) is 4.68 Å². The van der Waals surface area contributed by atoms with Crippen LogP contribution in [-0.4, -0.2) is 55.7 Å². The quantitative estimate of drug-likeness (QED) is 0.676. The molecule has 0 unspecified atom stereocenters. The third-order valence-electron chi connectivity index (χ3n) is 4.51. The average Bonchev–Trinajstić information content (AvgIpc) is 3.28. The van der Waals surface area contributed by atoms with Crippen LogP contribution in [0.3, 0.4) is 0 Å². The highest BCUT2D eigenvalue weighted by Crippen LogP contribution is 2.27. The van der Waals surface area contributed by atoms with Crippen molar-refractivity contribution in [2.45, 2.75) is 13.5 Å². The van der Waals surface area contributed by atoms with Gasteiger partial charge in [-0.25, -0.2) is 4.79 Å². The molecular weight excluding hydrogens is 358 g/mol. The third kappa shape index (κ3) is 4.37. The van der Waals surface area contributed by atoms with Gasteiger partial charge in [-0.15, -0.1) is 10.2 Å². The van der Waals surface area contributed by atoms with Crippen molar-refractivity contribution in [2.75, 3.05) is 25.6 Å². The predicted molar refractivity (Wildman–Crippen MR) is 106 cm³/mol. The van der Waals surface area contributed by atoms with Crippen LogP contribution in [-0.2, 0) is 25.4 Å². The number of carbonyl (C=O) groups is 1. The number of ether oxygens (including phenoxy) is 1. The number of aryl methyl sites for hydroxylation is 2. The van der Waals surface area contributed by atoms with Crippen molar-refractivity contribution in [3.05, 3.63) is 48.0 Å². The Balaban J connectivity index is 1.80. The summed E-state index contributed by atoms with van der Waals surface area (Å²) in [6.07, 6.45) is 5.31. The lowest BCUT2D eigenvalue weighted by molar-refractivity contribution is 0.153. The molecule has 9 heteroatoms. The molecule has 1 N–H and O–H groups in total. The molecule has 3 aromatic rings. The van der Waals surface area contributed by atoms with E-state index in [1.165, 1.54) is 0 Å². The summed E-state index contributed by atoms with van der Waals surface area (Å²) in [7, 11) is 5.36. The second-order valence-electron chi connectivity index (χ2n) is 6.61. The maximum atomic E-state index is 12.9. The monoisotopic (exact) mass is 383 g/mol. The van der Waals surface area contributed by atoms with Gasteiger partial charge in [0.25, 0.3) is 0 Å². The highest BCUT2D eigenvalue weighted by molar-refractivity contribution is 5.91. The maximum absolute atomic E-state index is 12.9. The minimum absolute atomic E-state index is 0.195. The Bertz CT molecular complexity index is 947. The van der Waals surface area contributed by atoms with Crippen LogP contribution in [0.4, 0.5) is 10.5 Å². The van der Waals surface area contributed by atoms with Crippen molar-refractivity contribution in [3.63, 3.8) is 0 Å². The molecule has 2 heterocycles. The van der Waals surface area contributed by atoms with E-state index in [2.05, 4.69) is 20.6 Å². The van der Waals surface area contributed by atoms with Crippen molar-refractivity contribution in [2.24, 2.45) is 14.1 Å². The van der Waals surface area contributed by atoms with Gasteiger partial charge in [0.15, 0.2) is 5.82 Å². The number of urea groups is 1. The summed E-state index contributed by atoms with van der Waals surface area (Å²) in [4.78, 5) is 14.6. The lowest BCUT2D eigenvalue weighted by Crippen LogP contribution is -2.37. The van der Waals surface area contributed by atoms with Gasteiger partial charge < -0.3 is 19.5 Å². The van der Waals surface area contributed by atoms with Crippen molar-refractivity contribution < 1.29 is 9.53 Å². The smallest absolute Gasteiger partial charge is 0.322 e. The number of rotatable bonds is 7. The first-order valence-electron chi connectivity index (χ1n) is 8.96. The van der Waals surface area contributed by atoms with Gasteiger partial charge in [-0.05, 0) is 18.6 Å². The van der Waals surface area contributed by atoms with E-state index in [1.807, 2.05) is 50.0 Å². The van der Waals surface area contributed by atoms with E-state index in [-0.39, 0.29) is 6.03 Å². The first-order valence-corrected chi connectivity index (χ1v) is 8.96. The molecule has 148 valence electrons. The van der Waals surface area contributed by atoms with Crippen LogP contribution < -0.4 is 5.32 Å². The molecule has 0 radical (unpaired) electrons. The number of hydrogen-bond acceptors (Lipinski definition) is 5. The van der Waals surface area contributed by atoms with E-state index in [9.17, 15) is 4.79 Å². The van der Waals surface area contributed by atoms with Crippen LogP contribution in [0.15, 0.2) is 36.9 Å². The second-order valence-corrected chi connectivity index (χ2v) is 6.61. The third-order valence-corrected chi connectivity index (χ3v) is 4.51. The van der Waals surface area contributed by atoms with Crippen LogP contribution in [0, 0.1) is 6.92 Å². The van der Waals surface area contributed by atoms with Crippen LogP contribution in [0.25, 0.3) is 11.4 Å². The number of hydrogen-bond donors (Lipinski definition) is 1. The van der Waals surface area contributed by atoms with E-state index in [1.54, 1.807) is 29.2 Å². The molecule has 0 saturated heterocycles. The first-order chi connectivity index (χ1) is 13.5. The average molecular weight is 383 g/mol. The molecule has 1 aromatic carbocycles. The fourth-order valence-electron chi connectivity index (χ4n) is 2.96. The molecular formula is C19H25N7O2. The Hall–Kier alpha value is -3.20. The maximum Gasteiger partial charge on any atom is 0.322 e. The molecule has 0 saturated carbocycles. The van der Waals surface area contributed by atoms with E-state index in [0.29, 0.717) is 19.7 Å². The highest BCUT2D eigenvalue weighted by Gasteiger charge is 2.17. The minimum Gasteiger partial charge on any atom is -0.383 e. The summed E-state index contributed by atoms with van der Waals surface area (Å²) in [5.41, 5.74) is 3.55. The molecule has 9 nitrogen and oxygen atoms in total. The summed E-state index contributed by atoms with van der Waals surface area (Å²) >= 11 is 0. The second kappa shape index (κ2) is 8.66. The zero-order valence-electron chi connectivity index (χ0n) is 16.6. The Morgan fingerprint density at radius 3 is 2.79 bits per heavy atom. The van der Waals surface area contributed by atoms with Crippen LogP contribution in [0.1, 0.15) is 11.1 Å². The number of nitrogens with zero attached hydrogens (tertiary/aromatic N) is 6. The Morgan fingerprint density at radius 2 is 2.14 bits per heavy atom. The largest absolute Gasteiger partial charge is 0.383 e. The van der Waals surface area contributed by atoms with Gasteiger partial charge >= 0.3 is 6.03 Å². The Labute approximate surface area is 163 Å². The van der Waals surface area contributed by atoms with E-state index in [0.717, 1.165) is 28.2 Å². The number of carbonyl (C=O) groups excluding carboxylic acids is 1. The van der Waals surface area contributed by atoms with Crippen molar-refractivity contribution >= 4 is 11.7 Å². The van der Waals surface area contributed by atoms with Gasteiger partial charge in [0.05, 0.1) is 19.3 Å². The van der Waals surface area contributed by atoms with Gasteiger partial charge in [-0.2, -0.15) is 5.10 Å². The lowest BCUT2D eigenvalue weighted by atomic mass is 10.1. The zero-order chi connectivity index (χ0) is 20.1. The van der Waals surface area contributed by atoms with Gasteiger partial charge in [0, 0.05) is 50.8 Å². The topological polar surface area (TPSA) is 90.1 Å². The molecule has 0 bridgehead atoms. The number of anilines is 1. The highest BCUT2D eigenvalue weighted by atomic mass is 16.5. The molecule has 2 amide bonds. The van der Waals surface area contributed by atoms with Gasteiger partial charge in [0.1, 0.15) is 6.33 Å². The summed E-state index contributed by atoms with van der Waals surface area (Å²) < 4.78 is 8.73. The van der Waals surface area contributed by atoms with Crippen molar-refractivity contribution in [3.8, 4) is 11.4 Å². The number of amides is 2. The van der Waals surface area contributed by atoms with E-state index in [4.69, 9.17) is 4.74 Å². The lowest BCUT2D eigenvalue weighted by Gasteiger charge is -2.23. The minimum atomic E-state index is -0.195. The molecule has 0 spiro atoms. The molecule has 3 rings (SSSR count). The van der Waals surface area contributed by atoms with Crippen LogP contribution in [0.5, 0.6) is 0 Å². The summed E-state index contributed by atoms with van der Waals surface area (Å²) in [5.74, 6) is 0.750. The SMILES string of the molecule is COCCN(Cc1cnn(C)c1)C(=O)Nc1cccc(-c2nncn2C)c1C. The van der Waals surface area contributed by atoms with Crippen LogP contribution in [0.2, 0.25) is 0 Å². The summed E-state index contributed by atoms with van der Waals surface area (Å²) in [6, 6.07) is 5.55. The molecule has 0 aliphatic rings. The van der Waals surface area contributed by atoms with Gasteiger partial charge in [-0.1, -0.05) is 12.1 Å². The van der Waals surface area contributed by atoms with E-state index >= 15 is 0 Å². The normalized spacial score (nSPS) is 10.9. The number of nitrogens with one attached hydrogen (secondary N) is 1. The zero-order valence-corrected chi connectivity index (χ0v) is 16.6. The molecule has 0 atom stereocenters. The molecule has 0 aliphatic carbocycles. The van der Waals surface area contributed by atoms with Gasteiger partial charge in [0.2, 0.25) is 0 Å². The number of methoxy groups -OCH3 is 1. The van der Waals surface area contributed by atoms with E-state index < -0.39 is 0 Å². The fourth-order valence-corrected chi connectivity index (χ4v) is 2.96. The number of aromatic nitrogens is 5. The number of benzene rings is 1. The summed E-state index contributed by atoms with van der Waals surface area (Å²) in [6.45, 7) is 3.33. The predicted octanol–water partition coefficient (Wildman–Crippen LogP) is 2.20. The Kier molecular flexibility index (Phi) is 6.05. The van der Waals surface area contributed by atoms with Crippen LogP contribution >= 0.6 is 0 Å². The van der Waals surface area contributed by atoms with Crippen molar-refractivity contribution in [1.29, 1.82) is 0 Å². The molecule has 0 fully saturated rings. The van der Waals surface area contributed by atoms with Crippen molar-refractivity contribution in [1.82, 2.24) is 29.4 Å². The first kappa shape index (κ1) is 19.6. The fraction of sp³-hybridized carbons (Fsp3) is 0.368.